The predicted molar refractivity (Wildman–Crippen MR) is 77.8 cm³/mol. The van der Waals surface area contributed by atoms with E-state index < -0.39 is 5.82 Å². The van der Waals surface area contributed by atoms with Crippen LogP contribution in [0.25, 0.3) is 16.9 Å². The summed E-state index contributed by atoms with van der Waals surface area (Å²) in [5, 5.41) is 8.97. The highest BCUT2D eigenvalue weighted by Gasteiger charge is 2.15. The third kappa shape index (κ3) is 2.14. The van der Waals surface area contributed by atoms with Gasteiger partial charge in [-0.2, -0.15) is 5.26 Å². The van der Waals surface area contributed by atoms with E-state index in [9.17, 15) is 4.39 Å². The number of aromatic nitrogens is 3. The number of pyridine rings is 1. The van der Waals surface area contributed by atoms with Gasteiger partial charge in [-0.25, -0.2) is 14.4 Å². The fourth-order valence-corrected chi connectivity index (χ4v) is 2.42. The second-order valence-electron chi connectivity index (χ2n) is 4.57. The summed E-state index contributed by atoms with van der Waals surface area (Å²) in [5.74, 6) is 0.237. The highest BCUT2D eigenvalue weighted by molar-refractivity contribution is 6.17. The van der Waals surface area contributed by atoms with Gasteiger partial charge >= 0.3 is 0 Å². The van der Waals surface area contributed by atoms with Gasteiger partial charge < -0.3 is 0 Å². The standard InChI is InChI=1S/C15H10ClFN4/c1-9-4-5-19-15-14(9)20-13(7-16)21(15)11-2-3-12(17)10(6-11)8-18/h2-6H,7H2,1H3. The SMILES string of the molecule is Cc1ccnc2c1nc(CCl)n2-c1ccc(F)c(C#N)c1. The van der Waals surface area contributed by atoms with Gasteiger partial charge in [0.1, 0.15) is 23.2 Å². The first-order valence-corrected chi connectivity index (χ1v) is 6.78. The molecule has 0 amide bonds. The second kappa shape index (κ2) is 5.15. The number of nitriles is 1. The van der Waals surface area contributed by atoms with Crippen molar-refractivity contribution in [3.63, 3.8) is 0 Å². The van der Waals surface area contributed by atoms with Crippen LogP contribution in [0.4, 0.5) is 4.39 Å². The van der Waals surface area contributed by atoms with Crippen LogP contribution in [0.2, 0.25) is 0 Å². The van der Waals surface area contributed by atoms with Crippen molar-refractivity contribution in [3.05, 3.63) is 53.2 Å². The van der Waals surface area contributed by atoms with Crippen LogP contribution in [-0.2, 0) is 5.88 Å². The Hall–Kier alpha value is -2.45. The van der Waals surface area contributed by atoms with E-state index in [0.29, 0.717) is 17.2 Å². The van der Waals surface area contributed by atoms with E-state index in [1.54, 1.807) is 16.8 Å². The first-order valence-electron chi connectivity index (χ1n) is 6.24. The molecule has 0 atom stereocenters. The van der Waals surface area contributed by atoms with Crippen LogP contribution in [-0.4, -0.2) is 14.5 Å². The molecular formula is C15H10ClFN4. The van der Waals surface area contributed by atoms with Gasteiger partial charge in [-0.15, -0.1) is 11.6 Å². The van der Waals surface area contributed by atoms with Gasteiger partial charge in [-0.05, 0) is 36.8 Å². The number of benzene rings is 1. The first kappa shape index (κ1) is 13.5. The van der Waals surface area contributed by atoms with Crippen molar-refractivity contribution >= 4 is 22.8 Å². The molecule has 0 saturated heterocycles. The third-order valence-corrected chi connectivity index (χ3v) is 3.50. The lowest BCUT2D eigenvalue weighted by Gasteiger charge is -2.07. The highest BCUT2D eigenvalue weighted by Crippen LogP contribution is 2.24. The summed E-state index contributed by atoms with van der Waals surface area (Å²) in [6.07, 6.45) is 1.68. The normalized spacial score (nSPS) is 10.8. The monoisotopic (exact) mass is 300 g/mol. The topological polar surface area (TPSA) is 54.5 Å². The zero-order valence-electron chi connectivity index (χ0n) is 11.1. The van der Waals surface area contributed by atoms with Crippen LogP contribution >= 0.6 is 11.6 Å². The average molecular weight is 301 g/mol. The van der Waals surface area contributed by atoms with Crippen molar-refractivity contribution in [2.24, 2.45) is 0 Å². The molecule has 0 fully saturated rings. The number of nitrogens with zero attached hydrogens (tertiary/aromatic N) is 4. The summed E-state index contributed by atoms with van der Waals surface area (Å²) in [6.45, 7) is 1.94. The zero-order valence-corrected chi connectivity index (χ0v) is 11.9. The number of imidazole rings is 1. The summed E-state index contributed by atoms with van der Waals surface area (Å²) in [5.41, 5.74) is 2.96. The molecule has 0 bridgehead atoms. The predicted octanol–water partition coefficient (Wildman–Crippen LogP) is 3.48. The average Bonchev–Trinajstić information content (AvgIpc) is 2.88. The van der Waals surface area contributed by atoms with Crippen molar-refractivity contribution in [1.82, 2.24) is 14.5 Å². The van der Waals surface area contributed by atoms with Crippen LogP contribution in [0.3, 0.4) is 0 Å². The number of fused-ring (bicyclic) bond motifs is 1. The van der Waals surface area contributed by atoms with Crippen LogP contribution in [0.15, 0.2) is 30.5 Å². The minimum Gasteiger partial charge on any atom is -0.280 e. The molecule has 104 valence electrons. The molecule has 1 aromatic carbocycles. The summed E-state index contributed by atoms with van der Waals surface area (Å²) in [4.78, 5) is 8.81. The van der Waals surface area contributed by atoms with Crippen LogP contribution in [0.5, 0.6) is 0 Å². The maximum absolute atomic E-state index is 13.5. The van der Waals surface area contributed by atoms with Crippen LogP contribution < -0.4 is 0 Å². The van der Waals surface area contributed by atoms with Gasteiger partial charge in [0.25, 0.3) is 0 Å². The van der Waals surface area contributed by atoms with E-state index in [-0.39, 0.29) is 11.4 Å². The molecule has 0 aliphatic heterocycles. The van der Waals surface area contributed by atoms with Crippen molar-refractivity contribution in [1.29, 1.82) is 5.26 Å². The summed E-state index contributed by atoms with van der Waals surface area (Å²) in [6, 6.07) is 8.00. The van der Waals surface area contributed by atoms with E-state index in [4.69, 9.17) is 16.9 Å². The van der Waals surface area contributed by atoms with Gasteiger partial charge in [-0.1, -0.05) is 0 Å². The summed E-state index contributed by atoms with van der Waals surface area (Å²) < 4.78 is 15.2. The number of hydrogen-bond acceptors (Lipinski definition) is 3. The Morgan fingerprint density at radius 2 is 2.19 bits per heavy atom. The van der Waals surface area contributed by atoms with E-state index in [0.717, 1.165) is 11.1 Å². The number of rotatable bonds is 2. The van der Waals surface area contributed by atoms with Crippen molar-refractivity contribution < 1.29 is 4.39 Å². The lowest BCUT2D eigenvalue weighted by Crippen LogP contribution is -2.01. The molecule has 3 rings (SSSR count). The van der Waals surface area contributed by atoms with Crippen molar-refractivity contribution in [2.45, 2.75) is 12.8 Å². The highest BCUT2D eigenvalue weighted by atomic mass is 35.5. The lowest BCUT2D eigenvalue weighted by atomic mass is 10.2. The molecule has 3 aromatic rings. The Bertz CT molecular complexity index is 879. The fourth-order valence-electron chi connectivity index (χ4n) is 2.24. The van der Waals surface area contributed by atoms with Gasteiger partial charge in [0, 0.05) is 6.20 Å². The molecule has 0 unspecified atom stereocenters. The number of aryl methyl sites for hydroxylation is 1. The zero-order chi connectivity index (χ0) is 15.0. The second-order valence-corrected chi connectivity index (χ2v) is 4.84. The molecule has 0 spiro atoms. The minimum atomic E-state index is -0.553. The quantitative estimate of drug-likeness (QED) is 0.681. The van der Waals surface area contributed by atoms with Crippen LogP contribution in [0.1, 0.15) is 17.0 Å². The minimum absolute atomic E-state index is 0.0254. The Morgan fingerprint density at radius 3 is 2.90 bits per heavy atom. The summed E-state index contributed by atoms with van der Waals surface area (Å²) >= 11 is 5.96. The van der Waals surface area contributed by atoms with Crippen molar-refractivity contribution in [2.75, 3.05) is 0 Å². The third-order valence-electron chi connectivity index (χ3n) is 3.27. The Morgan fingerprint density at radius 1 is 1.38 bits per heavy atom. The molecule has 0 aliphatic carbocycles. The van der Waals surface area contributed by atoms with E-state index in [1.165, 1.54) is 12.1 Å². The maximum Gasteiger partial charge on any atom is 0.164 e. The number of hydrogen-bond donors (Lipinski definition) is 0. The molecule has 4 nitrogen and oxygen atoms in total. The number of alkyl halides is 1. The van der Waals surface area contributed by atoms with E-state index in [2.05, 4.69) is 9.97 Å². The Kier molecular flexibility index (Phi) is 3.32. The number of halogens is 2. The van der Waals surface area contributed by atoms with Crippen molar-refractivity contribution in [3.8, 4) is 11.8 Å². The Balaban J connectivity index is 2.34. The molecule has 6 heteroatoms. The fraction of sp³-hybridized carbons (Fsp3) is 0.133. The van der Waals surface area contributed by atoms with Gasteiger partial charge in [0.2, 0.25) is 0 Å². The van der Waals surface area contributed by atoms with Gasteiger partial charge in [0.15, 0.2) is 5.65 Å². The molecule has 0 radical (unpaired) electrons. The summed E-state index contributed by atoms with van der Waals surface area (Å²) in [7, 11) is 0. The van der Waals surface area contributed by atoms with Gasteiger partial charge in [-0.3, -0.25) is 4.57 Å². The molecular weight excluding hydrogens is 291 g/mol. The largest absolute Gasteiger partial charge is 0.280 e. The maximum atomic E-state index is 13.5. The molecule has 0 saturated carbocycles. The smallest absolute Gasteiger partial charge is 0.164 e. The molecule has 0 aliphatic rings. The van der Waals surface area contributed by atoms with E-state index >= 15 is 0 Å². The van der Waals surface area contributed by atoms with Crippen LogP contribution in [0, 0.1) is 24.1 Å². The molecule has 2 heterocycles. The van der Waals surface area contributed by atoms with E-state index in [1.807, 2.05) is 19.1 Å². The molecule has 21 heavy (non-hydrogen) atoms. The first-order chi connectivity index (χ1) is 10.2. The lowest BCUT2D eigenvalue weighted by molar-refractivity contribution is 0.623. The Labute approximate surface area is 125 Å². The molecule has 0 N–H and O–H groups in total. The van der Waals surface area contributed by atoms with Gasteiger partial charge in [0.05, 0.1) is 17.1 Å². The molecule has 2 aromatic heterocycles.